The molecule has 0 radical (unpaired) electrons. The van der Waals surface area contributed by atoms with E-state index in [1.165, 1.54) is 12.1 Å². The van der Waals surface area contributed by atoms with E-state index in [0.717, 1.165) is 17.7 Å². The molecular formula is C16H19FN2O. The third kappa shape index (κ3) is 2.96. The highest BCUT2D eigenvalue weighted by Gasteiger charge is 2.16. The number of halogens is 1. The summed E-state index contributed by atoms with van der Waals surface area (Å²) in [7, 11) is 1.59. The molecule has 4 heteroatoms. The van der Waals surface area contributed by atoms with Crippen molar-refractivity contribution in [1.29, 1.82) is 0 Å². The van der Waals surface area contributed by atoms with Crippen LogP contribution in [-0.2, 0) is 0 Å². The van der Waals surface area contributed by atoms with Gasteiger partial charge in [0, 0.05) is 17.8 Å². The molecule has 1 atom stereocenters. The zero-order valence-corrected chi connectivity index (χ0v) is 12.0. The molecule has 1 N–H and O–H groups in total. The Morgan fingerprint density at radius 1 is 1.35 bits per heavy atom. The average Bonchev–Trinajstić information content (AvgIpc) is 2.47. The molecule has 0 fully saturated rings. The van der Waals surface area contributed by atoms with Crippen molar-refractivity contribution in [2.45, 2.75) is 19.9 Å². The van der Waals surface area contributed by atoms with Crippen LogP contribution in [0.25, 0.3) is 11.3 Å². The molecule has 1 aromatic carbocycles. The van der Waals surface area contributed by atoms with Gasteiger partial charge in [-0.05, 0) is 43.3 Å². The zero-order valence-electron chi connectivity index (χ0n) is 12.0. The third-order valence-electron chi connectivity index (χ3n) is 3.24. The number of aromatic nitrogens is 1. The number of benzene rings is 1. The van der Waals surface area contributed by atoms with E-state index in [1.807, 2.05) is 13.0 Å². The molecule has 0 aliphatic heterocycles. The van der Waals surface area contributed by atoms with Gasteiger partial charge in [0.25, 0.3) is 0 Å². The van der Waals surface area contributed by atoms with Crippen molar-refractivity contribution in [2.75, 3.05) is 13.7 Å². The fourth-order valence-electron chi connectivity index (χ4n) is 2.28. The van der Waals surface area contributed by atoms with Crippen LogP contribution < -0.4 is 10.1 Å². The number of hydrogen-bond donors (Lipinski definition) is 1. The Labute approximate surface area is 118 Å². The van der Waals surface area contributed by atoms with Crippen LogP contribution in [0.15, 0.2) is 36.5 Å². The molecule has 2 rings (SSSR count). The van der Waals surface area contributed by atoms with Crippen molar-refractivity contribution in [2.24, 2.45) is 0 Å². The van der Waals surface area contributed by atoms with Crippen LogP contribution >= 0.6 is 0 Å². The van der Waals surface area contributed by atoms with E-state index in [0.29, 0.717) is 11.4 Å². The summed E-state index contributed by atoms with van der Waals surface area (Å²) >= 11 is 0. The fourth-order valence-corrected chi connectivity index (χ4v) is 2.28. The molecule has 3 nitrogen and oxygen atoms in total. The molecule has 20 heavy (non-hydrogen) atoms. The highest BCUT2D eigenvalue weighted by atomic mass is 19.1. The number of nitrogens with one attached hydrogen (secondary N) is 1. The molecule has 0 saturated heterocycles. The lowest BCUT2D eigenvalue weighted by atomic mass is 9.98. The Kier molecular flexibility index (Phi) is 4.69. The van der Waals surface area contributed by atoms with Crippen LogP contribution in [0.1, 0.15) is 25.5 Å². The summed E-state index contributed by atoms with van der Waals surface area (Å²) in [5.41, 5.74) is 2.43. The van der Waals surface area contributed by atoms with Gasteiger partial charge >= 0.3 is 0 Å². The topological polar surface area (TPSA) is 34.2 Å². The van der Waals surface area contributed by atoms with Gasteiger partial charge in [-0.15, -0.1) is 0 Å². The van der Waals surface area contributed by atoms with Gasteiger partial charge in [0.05, 0.1) is 7.11 Å². The van der Waals surface area contributed by atoms with Crippen LogP contribution in [0.4, 0.5) is 4.39 Å². The highest BCUT2D eigenvalue weighted by molar-refractivity contribution is 5.70. The van der Waals surface area contributed by atoms with Crippen molar-refractivity contribution in [3.8, 4) is 17.0 Å². The summed E-state index contributed by atoms with van der Waals surface area (Å²) in [5, 5.41) is 3.34. The Bertz CT molecular complexity index is 586. The van der Waals surface area contributed by atoms with Gasteiger partial charge in [-0.3, -0.25) is 4.98 Å². The van der Waals surface area contributed by atoms with Crippen molar-refractivity contribution < 1.29 is 9.13 Å². The van der Waals surface area contributed by atoms with E-state index in [4.69, 9.17) is 4.74 Å². The van der Waals surface area contributed by atoms with Crippen molar-refractivity contribution in [3.63, 3.8) is 0 Å². The summed E-state index contributed by atoms with van der Waals surface area (Å²) in [5.74, 6) is 0.364. The minimum atomic E-state index is -0.278. The number of hydrogen-bond acceptors (Lipinski definition) is 3. The fraction of sp³-hybridized carbons (Fsp3) is 0.312. The summed E-state index contributed by atoms with van der Waals surface area (Å²) < 4.78 is 19.0. The number of ether oxygens (including phenoxy) is 1. The smallest absolute Gasteiger partial charge is 0.145 e. The maximum absolute atomic E-state index is 13.6. The molecule has 0 bridgehead atoms. The molecule has 0 aliphatic rings. The first kappa shape index (κ1) is 14.5. The molecule has 0 saturated carbocycles. The van der Waals surface area contributed by atoms with E-state index in [2.05, 4.69) is 17.2 Å². The van der Waals surface area contributed by atoms with Gasteiger partial charge in [0.15, 0.2) is 0 Å². The van der Waals surface area contributed by atoms with Crippen LogP contribution in [0, 0.1) is 5.82 Å². The van der Waals surface area contributed by atoms with Gasteiger partial charge in [0.2, 0.25) is 0 Å². The zero-order chi connectivity index (χ0) is 14.5. The quantitative estimate of drug-likeness (QED) is 0.905. The van der Waals surface area contributed by atoms with Gasteiger partial charge < -0.3 is 10.1 Å². The molecular weight excluding hydrogens is 255 g/mol. The maximum atomic E-state index is 13.6. The average molecular weight is 274 g/mol. The van der Waals surface area contributed by atoms with E-state index in [1.54, 1.807) is 25.4 Å². The first-order valence-corrected chi connectivity index (χ1v) is 6.69. The summed E-state index contributed by atoms with van der Waals surface area (Å²) in [6, 6.07) is 8.52. The molecule has 106 valence electrons. The highest BCUT2D eigenvalue weighted by Crippen LogP contribution is 2.33. The van der Waals surface area contributed by atoms with E-state index >= 15 is 0 Å². The second kappa shape index (κ2) is 6.48. The Hall–Kier alpha value is -1.94. The van der Waals surface area contributed by atoms with Gasteiger partial charge in [-0.25, -0.2) is 4.39 Å². The summed E-state index contributed by atoms with van der Waals surface area (Å²) in [4.78, 5) is 4.34. The largest absolute Gasteiger partial charge is 0.494 e. The SMILES string of the molecule is CCNC(C)c1ccc(F)cc1-c1ncccc1OC. The maximum Gasteiger partial charge on any atom is 0.145 e. The normalized spacial score (nSPS) is 12.2. The molecule has 0 aliphatic carbocycles. The molecule has 1 heterocycles. The Morgan fingerprint density at radius 3 is 2.85 bits per heavy atom. The van der Waals surface area contributed by atoms with E-state index in [9.17, 15) is 4.39 Å². The Balaban J connectivity index is 2.57. The number of rotatable bonds is 5. The second-order valence-corrected chi connectivity index (χ2v) is 4.57. The lowest BCUT2D eigenvalue weighted by Crippen LogP contribution is -2.18. The van der Waals surface area contributed by atoms with Crippen LogP contribution in [-0.4, -0.2) is 18.6 Å². The first-order valence-electron chi connectivity index (χ1n) is 6.69. The monoisotopic (exact) mass is 274 g/mol. The molecule has 0 amide bonds. The van der Waals surface area contributed by atoms with E-state index < -0.39 is 0 Å². The molecule has 1 unspecified atom stereocenters. The molecule has 0 spiro atoms. The third-order valence-corrected chi connectivity index (χ3v) is 3.24. The lowest BCUT2D eigenvalue weighted by Gasteiger charge is -2.18. The lowest BCUT2D eigenvalue weighted by molar-refractivity contribution is 0.414. The predicted molar refractivity (Wildman–Crippen MR) is 78.3 cm³/mol. The predicted octanol–water partition coefficient (Wildman–Crippen LogP) is 3.57. The standard InChI is InChI=1S/C16H19FN2O/c1-4-18-11(2)13-8-7-12(17)10-14(13)16-15(20-3)6-5-9-19-16/h5-11,18H,4H2,1-3H3. The van der Waals surface area contributed by atoms with E-state index in [-0.39, 0.29) is 11.9 Å². The second-order valence-electron chi connectivity index (χ2n) is 4.57. The number of nitrogens with zero attached hydrogens (tertiary/aromatic N) is 1. The van der Waals surface area contributed by atoms with Crippen LogP contribution in [0.5, 0.6) is 5.75 Å². The van der Waals surface area contributed by atoms with Gasteiger partial charge in [-0.1, -0.05) is 13.0 Å². The number of methoxy groups -OCH3 is 1. The van der Waals surface area contributed by atoms with Crippen molar-refractivity contribution in [1.82, 2.24) is 10.3 Å². The van der Waals surface area contributed by atoms with Crippen LogP contribution in [0.3, 0.4) is 0 Å². The number of pyridine rings is 1. The van der Waals surface area contributed by atoms with Crippen molar-refractivity contribution in [3.05, 3.63) is 47.9 Å². The van der Waals surface area contributed by atoms with Gasteiger partial charge in [-0.2, -0.15) is 0 Å². The summed E-state index contributed by atoms with van der Waals surface area (Å²) in [6.45, 7) is 4.94. The van der Waals surface area contributed by atoms with Crippen molar-refractivity contribution >= 4 is 0 Å². The Morgan fingerprint density at radius 2 is 2.15 bits per heavy atom. The van der Waals surface area contributed by atoms with Crippen LogP contribution in [0.2, 0.25) is 0 Å². The minimum absolute atomic E-state index is 0.113. The molecule has 1 aromatic heterocycles. The van der Waals surface area contributed by atoms with Gasteiger partial charge in [0.1, 0.15) is 17.3 Å². The summed E-state index contributed by atoms with van der Waals surface area (Å²) in [6.07, 6.45) is 1.68. The first-order chi connectivity index (χ1) is 9.67. The molecule has 2 aromatic rings. The minimum Gasteiger partial charge on any atom is -0.494 e.